The van der Waals surface area contributed by atoms with Crippen LogP contribution in [-0.4, -0.2) is 29.9 Å². The van der Waals surface area contributed by atoms with E-state index < -0.39 is 0 Å². The van der Waals surface area contributed by atoms with Gasteiger partial charge in [-0.25, -0.2) is 0 Å². The van der Waals surface area contributed by atoms with E-state index in [2.05, 4.69) is 13.8 Å². The number of amides is 1. The van der Waals surface area contributed by atoms with Crippen LogP contribution in [0.2, 0.25) is 0 Å². The molecule has 0 aromatic carbocycles. The minimum Gasteiger partial charge on any atom is -0.343 e. The zero-order valence-electron chi connectivity index (χ0n) is 10.9. The molecule has 0 aromatic rings. The molecule has 1 unspecified atom stereocenters. The molecule has 0 saturated heterocycles. The van der Waals surface area contributed by atoms with Gasteiger partial charge in [-0.1, -0.05) is 20.3 Å². The molecule has 1 fully saturated rings. The number of nitrogens with two attached hydrogens (primary N) is 1. The molecule has 3 nitrogen and oxygen atoms in total. The highest BCUT2D eigenvalue weighted by atomic mass is 16.2. The Bertz CT molecular complexity index is 222. The van der Waals surface area contributed by atoms with Crippen molar-refractivity contribution >= 4 is 5.91 Å². The third-order valence-electron chi connectivity index (χ3n) is 3.90. The van der Waals surface area contributed by atoms with Gasteiger partial charge in [-0.2, -0.15) is 0 Å². The zero-order chi connectivity index (χ0) is 12.1. The molecule has 1 saturated carbocycles. The van der Waals surface area contributed by atoms with Crippen LogP contribution >= 0.6 is 0 Å². The Morgan fingerprint density at radius 1 is 1.38 bits per heavy atom. The summed E-state index contributed by atoms with van der Waals surface area (Å²) in [5.74, 6) is 0.801. The molecule has 1 amide bonds. The van der Waals surface area contributed by atoms with E-state index in [9.17, 15) is 4.79 Å². The van der Waals surface area contributed by atoms with E-state index in [0.717, 1.165) is 32.1 Å². The van der Waals surface area contributed by atoms with Gasteiger partial charge in [0, 0.05) is 25.6 Å². The van der Waals surface area contributed by atoms with E-state index in [-0.39, 0.29) is 0 Å². The van der Waals surface area contributed by atoms with Crippen LogP contribution in [0.5, 0.6) is 0 Å². The molecule has 1 atom stereocenters. The van der Waals surface area contributed by atoms with Crippen LogP contribution in [0.15, 0.2) is 0 Å². The molecular formula is C13H26N2O. The standard InChI is InChI=1S/C13H26N2O/c1-4-10(2)9-13(16)15(3)12-7-5-11(14)6-8-12/h10-12H,4-9,14H2,1-3H3. The fourth-order valence-corrected chi connectivity index (χ4v) is 2.28. The molecule has 1 aliphatic carbocycles. The molecule has 2 N–H and O–H groups in total. The van der Waals surface area contributed by atoms with Gasteiger partial charge in [0.1, 0.15) is 0 Å². The molecule has 0 heterocycles. The predicted octanol–water partition coefficient (Wildman–Crippen LogP) is 2.15. The number of hydrogen-bond donors (Lipinski definition) is 1. The highest BCUT2D eigenvalue weighted by Crippen LogP contribution is 2.22. The highest BCUT2D eigenvalue weighted by molar-refractivity contribution is 5.76. The first kappa shape index (κ1) is 13.5. The maximum Gasteiger partial charge on any atom is 0.222 e. The first-order valence-corrected chi connectivity index (χ1v) is 6.55. The third kappa shape index (κ3) is 3.78. The molecule has 94 valence electrons. The fraction of sp³-hybridized carbons (Fsp3) is 0.923. The van der Waals surface area contributed by atoms with Crippen molar-refractivity contribution in [3.8, 4) is 0 Å². The van der Waals surface area contributed by atoms with Crippen LogP contribution < -0.4 is 5.73 Å². The summed E-state index contributed by atoms with van der Waals surface area (Å²) in [7, 11) is 1.95. The maximum absolute atomic E-state index is 12.0. The lowest BCUT2D eigenvalue weighted by molar-refractivity contribution is -0.133. The average molecular weight is 226 g/mol. The molecule has 1 rings (SSSR count). The van der Waals surface area contributed by atoms with Gasteiger partial charge in [-0.05, 0) is 31.6 Å². The summed E-state index contributed by atoms with van der Waals surface area (Å²) in [4.78, 5) is 13.9. The lowest BCUT2D eigenvalue weighted by atomic mass is 9.90. The average Bonchev–Trinajstić information content (AvgIpc) is 2.28. The van der Waals surface area contributed by atoms with Gasteiger partial charge >= 0.3 is 0 Å². The normalized spacial score (nSPS) is 27.5. The Labute approximate surface area is 99.4 Å². The topological polar surface area (TPSA) is 46.3 Å². The van der Waals surface area contributed by atoms with Crippen molar-refractivity contribution in [2.75, 3.05) is 7.05 Å². The van der Waals surface area contributed by atoms with Crippen molar-refractivity contribution in [3.05, 3.63) is 0 Å². The van der Waals surface area contributed by atoms with Crippen molar-refractivity contribution < 1.29 is 4.79 Å². The second-order valence-corrected chi connectivity index (χ2v) is 5.29. The number of carbonyl (C=O) groups is 1. The Morgan fingerprint density at radius 2 is 1.94 bits per heavy atom. The first-order chi connectivity index (χ1) is 7.54. The molecule has 16 heavy (non-hydrogen) atoms. The first-order valence-electron chi connectivity index (χ1n) is 6.55. The van der Waals surface area contributed by atoms with E-state index in [0.29, 0.717) is 30.3 Å². The molecular weight excluding hydrogens is 200 g/mol. The maximum atomic E-state index is 12.0. The van der Waals surface area contributed by atoms with Crippen LogP contribution in [0.4, 0.5) is 0 Å². The van der Waals surface area contributed by atoms with Gasteiger partial charge in [0.05, 0.1) is 0 Å². The minimum atomic E-state index is 0.301. The molecule has 0 bridgehead atoms. The number of nitrogens with zero attached hydrogens (tertiary/aromatic N) is 1. The van der Waals surface area contributed by atoms with Gasteiger partial charge < -0.3 is 10.6 Å². The van der Waals surface area contributed by atoms with Crippen molar-refractivity contribution in [3.63, 3.8) is 0 Å². The second-order valence-electron chi connectivity index (χ2n) is 5.29. The van der Waals surface area contributed by atoms with E-state index in [1.54, 1.807) is 0 Å². The Morgan fingerprint density at radius 3 is 2.44 bits per heavy atom. The van der Waals surface area contributed by atoms with E-state index in [4.69, 9.17) is 5.73 Å². The van der Waals surface area contributed by atoms with Crippen LogP contribution in [-0.2, 0) is 4.79 Å². The third-order valence-corrected chi connectivity index (χ3v) is 3.90. The summed E-state index contributed by atoms with van der Waals surface area (Å²) < 4.78 is 0. The van der Waals surface area contributed by atoms with E-state index in [1.165, 1.54) is 0 Å². The van der Waals surface area contributed by atoms with Gasteiger partial charge in [-0.3, -0.25) is 4.79 Å². The number of carbonyl (C=O) groups excluding carboxylic acids is 1. The monoisotopic (exact) mass is 226 g/mol. The van der Waals surface area contributed by atoms with Crippen molar-refractivity contribution in [1.82, 2.24) is 4.90 Å². The van der Waals surface area contributed by atoms with Gasteiger partial charge in [0.15, 0.2) is 0 Å². The second kappa shape index (κ2) is 6.24. The number of hydrogen-bond acceptors (Lipinski definition) is 2. The molecule has 3 heteroatoms. The van der Waals surface area contributed by atoms with E-state index in [1.807, 2.05) is 11.9 Å². The SMILES string of the molecule is CCC(C)CC(=O)N(C)C1CCC(N)CC1. The van der Waals surface area contributed by atoms with Crippen molar-refractivity contribution in [2.45, 2.75) is 64.5 Å². The molecule has 0 spiro atoms. The highest BCUT2D eigenvalue weighted by Gasteiger charge is 2.25. The summed E-state index contributed by atoms with van der Waals surface area (Å²) >= 11 is 0. The fourth-order valence-electron chi connectivity index (χ4n) is 2.28. The molecule has 0 radical (unpaired) electrons. The van der Waals surface area contributed by atoms with Crippen LogP contribution in [0.1, 0.15) is 52.4 Å². The van der Waals surface area contributed by atoms with Crippen molar-refractivity contribution in [2.24, 2.45) is 11.7 Å². The largest absolute Gasteiger partial charge is 0.343 e. The summed E-state index contributed by atoms with van der Waals surface area (Å²) in [5, 5.41) is 0. The van der Waals surface area contributed by atoms with Crippen LogP contribution in [0.3, 0.4) is 0 Å². The predicted molar refractivity (Wildman–Crippen MR) is 67.1 cm³/mol. The quantitative estimate of drug-likeness (QED) is 0.798. The lowest BCUT2D eigenvalue weighted by Crippen LogP contribution is -2.42. The van der Waals surface area contributed by atoms with Crippen LogP contribution in [0, 0.1) is 5.92 Å². The smallest absolute Gasteiger partial charge is 0.222 e. The summed E-state index contributed by atoms with van der Waals surface area (Å²) in [5.41, 5.74) is 5.87. The minimum absolute atomic E-state index is 0.301. The van der Waals surface area contributed by atoms with Gasteiger partial charge in [0.2, 0.25) is 5.91 Å². The van der Waals surface area contributed by atoms with Gasteiger partial charge in [0.25, 0.3) is 0 Å². The molecule has 0 aliphatic heterocycles. The lowest BCUT2D eigenvalue weighted by Gasteiger charge is -2.34. The number of rotatable bonds is 4. The van der Waals surface area contributed by atoms with Crippen molar-refractivity contribution in [1.29, 1.82) is 0 Å². The molecule has 1 aliphatic rings. The molecule has 0 aromatic heterocycles. The summed E-state index contributed by atoms with van der Waals surface area (Å²) in [6.07, 6.45) is 6.04. The Balaban J connectivity index is 2.38. The summed E-state index contributed by atoms with van der Waals surface area (Å²) in [6.45, 7) is 4.28. The van der Waals surface area contributed by atoms with Crippen LogP contribution in [0.25, 0.3) is 0 Å². The Kier molecular flexibility index (Phi) is 5.26. The Hall–Kier alpha value is -0.570. The van der Waals surface area contributed by atoms with E-state index >= 15 is 0 Å². The zero-order valence-corrected chi connectivity index (χ0v) is 10.9. The summed E-state index contributed by atoms with van der Waals surface area (Å²) in [6, 6.07) is 0.783. The van der Waals surface area contributed by atoms with Gasteiger partial charge in [-0.15, -0.1) is 0 Å².